The van der Waals surface area contributed by atoms with E-state index in [-0.39, 0.29) is 21.9 Å². The number of benzene rings is 1. The molecule has 1 aromatic carbocycles. The molecule has 21 heavy (non-hydrogen) atoms. The van der Waals surface area contributed by atoms with Crippen LogP contribution >= 0.6 is 11.6 Å². The van der Waals surface area contributed by atoms with Crippen LogP contribution in [-0.2, 0) is 10.0 Å². The van der Waals surface area contributed by atoms with Crippen LogP contribution < -0.4 is 4.72 Å². The molecule has 0 aliphatic heterocycles. The minimum absolute atomic E-state index is 0.0608. The molecule has 1 saturated carbocycles. The first-order chi connectivity index (χ1) is 9.92. The molecule has 0 bridgehead atoms. The Bertz CT molecular complexity index is 685. The first-order valence-electron chi connectivity index (χ1n) is 6.81. The number of rotatable bonds is 5. The van der Waals surface area contributed by atoms with Crippen molar-refractivity contribution >= 4 is 21.6 Å². The van der Waals surface area contributed by atoms with Gasteiger partial charge in [0.2, 0.25) is 10.0 Å². The normalized spacial score (nSPS) is 16.1. The molecular weight excluding hydrogens is 310 g/mol. The van der Waals surface area contributed by atoms with Crippen molar-refractivity contribution in [1.29, 1.82) is 0 Å². The Kier molecular flexibility index (Phi) is 4.95. The van der Waals surface area contributed by atoms with Gasteiger partial charge in [-0.3, -0.25) is 0 Å². The molecule has 6 heteroatoms. The van der Waals surface area contributed by atoms with Gasteiger partial charge in [-0.25, -0.2) is 13.1 Å². The van der Waals surface area contributed by atoms with Crippen LogP contribution in [0.15, 0.2) is 23.1 Å². The van der Waals surface area contributed by atoms with Gasteiger partial charge in [-0.05, 0) is 42.9 Å². The van der Waals surface area contributed by atoms with Gasteiger partial charge < -0.3 is 5.11 Å². The number of hydrogen-bond donors (Lipinski definition) is 2. The Morgan fingerprint density at radius 1 is 1.43 bits per heavy atom. The maximum absolute atomic E-state index is 12.3. The summed E-state index contributed by atoms with van der Waals surface area (Å²) < 4.78 is 27.2. The van der Waals surface area contributed by atoms with Gasteiger partial charge in [0, 0.05) is 12.1 Å². The summed E-state index contributed by atoms with van der Waals surface area (Å²) in [4.78, 5) is 0.0608. The minimum atomic E-state index is -3.61. The Labute approximate surface area is 130 Å². The molecule has 1 aliphatic carbocycles. The van der Waals surface area contributed by atoms with Crippen molar-refractivity contribution in [3.63, 3.8) is 0 Å². The number of halogens is 1. The number of aliphatic hydroxyl groups excluding tert-OH is 1. The molecule has 0 amide bonds. The van der Waals surface area contributed by atoms with E-state index in [0.29, 0.717) is 12.1 Å². The van der Waals surface area contributed by atoms with Gasteiger partial charge >= 0.3 is 0 Å². The lowest BCUT2D eigenvalue weighted by molar-refractivity contribution is 0.350. The molecule has 2 rings (SSSR count). The van der Waals surface area contributed by atoms with Gasteiger partial charge in [0.15, 0.2) is 0 Å². The average Bonchev–Trinajstić information content (AvgIpc) is 3.23. The van der Waals surface area contributed by atoms with Gasteiger partial charge in [-0.2, -0.15) is 0 Å². The number of sulfonamides is 1. The quantitative estimate of drug-likeness (QED) is 0.814. The number of nitrogens with one attached hydrogen (secondary N) is 1. The van der Waals surface area contributed by atoms with Gasteiger partial charge in [0.05, 0.1) is 5.02 Å². The Balaban J connectivity index is 2.16. The van der Waals surface area contributed by atoms with Crippen LogP contribution in [0.1, 0.15) is 31.7 Å². The predicted molar refractivity (Wildman–Crippen MR) is 82.6 cm³/mol. The van der Waals surface area contributed by atoms with E-state index in [4.69, 9.17) is 16.7 Å². The monoisotopic (exact) mass is 327 g/mol. The third-order valence-corrected chi connectivity index (χ3v) is 5.76. The second kappa shape index (κ2) is 6.37. The molecule has 1 aromatic rings. The molecule has 1 fully saturated rings. The van der Waals surface area contributed by atoms with Crippen molar-refractivity contribution < 1.29 is 13.5 Å². The average molecular weight is 328 g/mol. The van der Waals surface area contributed by atoms with E-state index < -0.39 is 10.0 Å². The minimum Gasteiger partial charge on any atom is -0.384 e. The molecular formula is C15H18ClNO3S. The van der Waals surface area contributed by atoms with E-state index in [9.17, 15) is 8.42 Å². The predicted octanol–water partition coefficient (Wildman–Crippen LogP) is 2.15. The molecule has 4 nitrogen and oxygen atoms in total. The van der Waals surface area contributed by atoms with E-state index in [2.05, 4.69) is 23.5 Å². The zero-order valence-corrected chi connectivity index (χ0v) is 13.4. The molecule has 0 aromatic heterocycles. The highest BCUT2D eigenvalue weighted by molar-refractivity contribution is 7.89. The van der Waals surface area contributed by atoms with E-state index in [1.54, 1.807) is 6.07 Å². The summed E-state index contributed by atoms with van der Waals surface area (Å²) in [5, 5.41) is 8.78. The van der Waals surface area contributed by atoms with Gasteiger partial charge in [-0.15, -0.1) is 0 Å². The highest BCUT2D eigenvalue weighted by Crippen LogP contribution is 2.48. The molecule has 1 aliphatic rings. The Morgan fingerprint density at radius 2 is 2.14 bits per heavy atom. The van der Waals surface area contributed by atoms with Crippen LogP contribution in [0.2, 0.25) is 5.02 Å². The van der Waals surface area contributed by atoms with Crippen molar-refractivity contribution in [2.24, 2.45) is 5.41 Å². The zero-order valence-electron chi connectivity index (χ0n) is 11.8. The highest BCUT2D eigenvalue weighted by atomic mass is 35.5. The summed E-state index contributed by atoms with van der Waals surface area (Å²) in [7, 11) is -3.61. The second-order valence-electron chi connectivity index (χ2n) is 5.28. The number of hydrogen-bond acceptors (Lipinski definition) is 3. The molecule has 0 spiro atoms. The highest BCUT2D eigenvalue weighted by Gasteiger charge is 2.41. The van der Waals surface area contributed by atoms with Crippen molar-refractivity contribution in [3.05, 3.63) is 28.8 Å². The fraction of sp³-hybridized carbons (Fsp3) is 0.467. The fourth-order valence-corrected chi connectivity index (χ4v) is 3.80. The van der Waals surface area contributed by atoms with Crippen molar-refractivity contribution in [2.75, 3.05) is 13.2 Å². The lowest BCUT2D eigenvalue weighted by Gasteiger charge is -2.14. The van der Waals surface area contributed by atoms with Crippen LogP contribution in [0.25, 0.3) is 0 Å². The van der Waals surface area contributed by atoms with Crippen LogP contribution in [0.4, 0.5) is 0 Å². The molecule has 0 radical (unpaired) electrons. The molecule has 0 heterocycles. The Hall–Kier alpha value is -1.06. The van der Waals surface area contributed by atoms with E-state index >= 15 is 0 Å². The first kappa shape index (κ1) is 16.3. The lowest BCUT2D eigenvalue weighted by Crippen LogP contribution is -2.30. The summed E-state index contributed by atoms with van der Waals surface area (Å²) >= 11 is 6.04. The maximum Gasteiger partial charge on any atom is 0.242 e. The largest absolute Gasteiger partial charge is 0.384 e. The summed E-state index contributed by atoms with van der Waals surface area (Å²) in [5.74, 6) is 5.18. The van der Waals surface area contributed by atoms with E-state index in [0.717, 1.165) is 19.3 Å². The Morgan fingerprint density at radius 3 is 2.67 bits per heavy atom. The molecule has 2 N–H and O–H groups in total. The summed E-state index contributed by atoms with van der Waals surface area (Å²) in [6.45, 7) is 2.27. The third-order valence-electron chi connectivity index (χ3n) is 3.88. The smallest absolute Gasteiger partial charge is 0.242 e. The van der Waals surface area contributed by atoms with Crippen LogP contribution in [-0.4, -0.2) is 26.7 Å². The lowest BCUT2D eigenvalue weighted by atomic mass is 10.1. The second-order valence-corrected chi connectivity index (χ2v) is 7.43. The van der Waals surface area contributed by atoms with Gasteiger partial charge in [-0.1, -0.05) is 30.4 Å². The third kappa shape index (κ3) is 3.98. The summed E-state index contributed by atoms with van der Waals surface area (Å²) in [6, 6.07) is 4.51. The van der Waals surface area contributed by atoms with Crippen molar-refractivity contribution in [2.45, 2.75) is 31.1 Å². The van der Waals surface area contributed by atoms with Crippen LogP contribution in [0.3, 0.4) is 0 Å². The van der Waals surface area contributed by atoms with Crippen LogP contribution in [0, 0.1) is 17.3 Å². The number of aliphatic hydroxyl groups is 1. The van der Waals surface area contributed by atoms with Crippen molar-refractivity contribution in [1.82, 2.24) is 4.72 Å². The topological polar surface area (TPSA) is 66.4 Å². The van der Waals surface area contributed by atoms with E-state index in [1.165, 1.54) is 12.1 Å². The van der Waals surface area contributed by atoms with Gasteiger partial charge in [0.25, 0.3) is 0 Å². The first-order valence-corrected chi connectivity index (χ1v) is 8.67. The molecule has 0 atom stereocenters. The van der Waals surface area contributed by atoms with E-state index in [1.807, 2.05) is 0 Å². The SMILES string of the molecule is CCC1(CNS(=O)(=O)c2ccc(C#CCO)cc2Cl)CC1. The van der Waals surface area contributed by atoms with Crippen molar-refractivity contribution in [3.8, 4) is 11.8 Å². The standard InChI is InChI=1S/C15H18ClNO3S/c1-2-15(7-8-15)11-17-21(19,20)14-6-5-12(4-3-9-18)10-13(14)16/h5-6,10,17-18H,2,7-9,11H2,1H3. The maximum atomic E-state index is 12.3. The molecule has 0 saturated heterocycles. The molecule has 0 unspecified atom stereocenters. The summed E-state index contributed by atoms with van der Waals surface area (Å²) in [6.07, 6.45) is 3.10. The zero-order chi connectivity index (χ0) is 15.5. The fourth-order valence-electron chi connectivity index (χ4n) is 2.10. The van der Waals surface area contributed by atoms with Gasteiger partial charge in [0.1, 0.15) is 11.5 Å². The molecule has 114 valence electrons. The van der Waals surface area contributed by atoms with Crippen LogP contribution in [0.5, 0.6) is 0 Å². The summed E-state index contributed by atoms with van der Waals surface area (Å²) in [5.41, 5.74) is 0.701.